The van der Waals surface area contributed by atoms with Crippen LogP contribution >= 0.6 is 11.9 Å². The molecular weight excluding hydrogens is 294 g/mol. The van der Waals surface area contributed by atoms with Gasteiger partial charge in [0.25, 0.3) is 6.43 Å². The van der Waals surface area contributed by atoms with Crippen molar-refractivity contribution in [1.29, 1.82) is 0 Å². The molecule has 21 heavy (non-hydrogen) atoms. The predicted octanol–water partition coefficient (Wildman–Crippen LogP) is 3.89. The molecule has 1 atom stereocenters. The molecule has 0 heterocycles. The van der Waals surface area contributed by atoms with Crippen LogP contribution in [0.25, 0.3) is 0 Å². The van der Waals surface area contributed by atoms with Gasteiger partial charge in [-0.25, -0.2) is 8.78 Å². The number of alkyl halides is 2. The van der Waals surface area contributed by atoms with Gasteiger partial charge in [-0.1, -0.05) is 18.0 Å². The Kier molecular flexibility index (Phi) is 6.90. The van der Waals surface area contributed by atoms with Gasteiger partial charge in [0.2, 0.25) is 0 Å². The summed E-state index contributed by atoms with van der Waals surface area (Å²) in [5.41, 5.74) is 7.71. The highest BCUT2D eigenvalue weighted by Gasteiger charge is 2.16. The van der Waals surface area contributed by atoms with E-state index < -0.39 is 13.0 Å². The van der Waals surface area contributed by atoms with Gasteiger partial charge in [-0.15, -0.1) is 0 Å². The van der Waals surface area contributed by atoms with Gasteiger partial charge in [0.1, 0.15) is 12.4 Å². The first kappa shape index (κ1) is 18.2. The second-order valence-electron chi connectivity index (χ2n) is 5.82. The summed E-state index contributed by atoms with van der Waals surface area (Å²) in [6, 6.07) is 5.43. The molecule has 0 amide bonds. The Labute approximate surface area is 129 Å². The Morgan fingerprint density at radius 3 is 2.52 bits per heavy atom. The van der Waals surface area contributed by atoms with Crippen LogP contribution in [-0.4, -0.2) is 17.8 Å². The normalized spacial score (nSPS) is 13.5. The van der Waals surface area contributed by atoms with Crippen molar-refractivity contribution >= 4 is 11.9 Å². The maximum Gasteiger partial charge on any atom is 0.272 e. The largest absolute Gasteiger partial charge is 0.488 e. The minimum Gasteiger partial charge on any atom is -0.488 e. The quantitative estimate of drug-likeness (QED) is 0.749. The van der Waals surface area contributed by atoms with E-state index in [0.29, 0.717) is 12.3 Å². The lowest BCUT2D eigenvalue weighted by Crippen LogP contribution is -2.21. The molecule has 0 radical (unpaired) electrons. The third kappa shape index (κ3) is 6.63. The van der Waals surface area contributed by atoms with Crippen LogP contribution in [-0.2, 0) is 6.54 Å². The summed E-state index contributed by atoms with van der Waals surface area (Å²) >= 11 is 1.65. The maximum absolute atomic E-state index is 12.2. The van der Waals surface area contributed by atoms with Crippen LogP contribution in [0.1, 0.15) is 44.9 Å². The van der Waals surface area contributed by atoms with Crippen molar-refractivity contribution in [3.8, 4) is 5.75 Å². The molecule has 0 bridgehead atoms. The van der Waals surface area contributed by atoms with Crippen LogP contribution in [0.5, 0.6) is 5.75 Å². The summed E-state index contributed by atoms with van der Waals surface area (Å²) < 4.78 is 32.8. The lowest BCUT2D eigenvalue weighted by molar-refractivity contribution is 0.0818. The highest BCUT2D eigenvalue weighted by molar-refractivity contribution is 7.98. The molecule has 1 aromatic rings. The molecule has 1 unspecified atom stereocenters. The van der Waals surface area contributed by atoms with Gasteiger partial charge in [-0.05, 0) is 51.0 Å². The van der Waals surface area contributed by atoms with E-state index in [1.54, 1.807) is 24.1 Å². The molecule has 0 aromatic heterocycles. The molecule has 0 aliphatic carbocycles. The zero-order valence-corrected chi connectivity index (χ0v) is 13.8. The molecule has 0 aliphatic rings. The number of nitrogens with one attached hydrogen (secondary N) is 1. The van der Waals surface area contributed by atoms with E-state index in [0.717, 1.165) is 11.1 Å². The number of benzene rings is 1. The molecule has 120 valence electrons. The first-order chi connectivity index (χ1) is 9.73. The SMILES string of the molecule is CC(NSC(C)(C)C)c1ccc(OCC(F)F)cc1CN. The minimum atomic E-state index is -2.48. The van der Waals surface area contributed by atoms with Gasteiger partial charge in [-0.2, -0.15) is 0 Å². The molecule has 1 aromatic carbocycles. The molecule has 3 N–H and O–H groups in total. The smallest absolute Gasteiger partial charge is 0.272 e. The fourth-order valence-corrected chi connectivity index (χ4v) is 2.42. The Hall–Kier alpha value is -0.850. The molecule has 0 fully saturated rings. The van der Waals surface area contributed by atoms with Crippen molar-refractivity contribution < 1.29 is 13.5 Å². The average molecular weight is 318 g/mol. The number of ether oxygens (including phenoxy) is 1. The molecule has 0 aliphatic heterocycles. The molecule has 6 heteroatoms. The summed E-state index contributed by atoms with van der Waals surface area (Å²) in [7, 11) is 0. The first-order valence-corrected chi connectivity index (χ1v) is 7.72. The fourth-order valence-electron chi connectivity index (χ4n) is 1.76. The number of hydrogen-bond donors (Lipinski definition) is 2. The first-order valence-electron chi connectivity index (χ1n) is 6.90. The van der Waals surface area contributed by atoms with Crippen LogP contribution in [0.4, 0.5) is 8.78 Å². The van der Waals surface area contributed by atoms with Crippen molar-refractivity contribution in [2.24, 2.45) is 5.73 Å². The van der Waals surface area contributed by atoms with Gasteiger partial charge >= 0.3 is 0 Å². The van der Waals surface area contributed by atoms with Crippen LogP contribution < -0.4 is 15.2 Å². The fraction of sp³-hybridized carbons (Fsp3) is 0.600. The molecule has 3 nitrogen and oxygen atoms in total. The summed E-state index contributed by atoms with van der Waals surface area (Å²) in [6.45, 7) is 8.17. The maximum atomic E-state index is 12.2. The van der Waals surface area contributed by atoms with E-state index in [9.17, 15) is 8.78 Å². The van der Waals surface area contributed by atoms with Gasteiger partial charge in [-0.3, -0.25) is 4.72 Å². The zero-order valence-electron chi connectivity index (χ0n) is 13.0. The van der Waals surface area contributed by atoms with E-state index in [2.05, 4.69) is 25.5 Å². The molecule has 0 saturated carbocycles. The molecule has 0 spiro atoms. The van der Waals surface area contributed by atoms with Crippen molar-refractivity contribution in [1.82, 2.24) is 4.72 Å². The van der Waals surface area contributed by atoms with Gasteiger partial charge in [0.15, 0.2) is 0 Å². The van der Waals surface area contributed by atoms with Crippen molar-refractivity contribution in [3.05, 3.63) is 29.3 Å². The second kappa shape index (κ2) is 7.96. The van der Waals surface area contributed by atoms with Gasteiger partial charge in [0, 0.05) is 17.3 Å². The van der Waals surface area contributed by atoms with E-state index in [1.165, 1.54) is 0 Å². The third-order valence-corrected chi connectivity index (χ3v) is 3.80. The standard InChI is InChI=1S/C15H24F2N2OS/c1-10(19-21-15(2,3)4)13-6-5-12(7-11(13)8-18)20-9-14(16)17/h5-7,10,14,19H,8-9,18H2,1-4H3. The van der Waals surface area contributed by atoms with Crippen molar-refractivity contribution in [2.75, 3.05) is 6.61 Å². The Bertz CT molecular complexity index is 450. The average Bonchev–Trinajstić information content (AvgIpc) is 2.41. The number of halogens is 2. The van der Waals surface area contributed by atoms with Crippen LogP contribution in [0, 0.1) is 0 Å². The Morgan fingerprint density at radius 2 is 2.00 bits per heavy atom. The van der Waals surface area contributed by atoms with Crippen LogP contribution in [0.15, 0.2) is 18.2 Å². The van der Waals surface area contributed by atoms with E-state index in [-0.39, 0.29) is 10.8 Å². The third-order valence-electron chi connectivity index (χ3n) is 2.72. The van der Waals surface area contributed by atoms with Gasteiger partial charge in [0.05, 0.1) is 0 Å². The second-order valence-corrected chi connectivity index (χ2v) is 7.49. The monoisotopic (exact) mass is 318 g/mol. The summed E-state index contributed by atoms with van der Waals surface area (Å²) in [6.07, 6.45) is -2.48. The number of rotatable bonds is 7. The van der Waals surface area contributed by atoms with E-state index in [4.69, 9.17) is 10.5 Å². The molecular formula is C15H24F2N2OS. The highest BCUT2D eigenvalue weighted by Crippen LogP contribution is 2.28. The lowest BCUT2D eigenvalue weighted by atomic mass is 10.0. The summed E-state index contributed by atoms with van der Waals surface area (Å²) in [5.74, 6) is 0.426. The van der Waals surface area contributed by atoms with Crippen LogP contribution in [0.2, 0.25) is 0 Å². The topological polar surface area (TPSA) is 47.3 Å². The minimum absolute atomic E-state index is 0.108. The molecule has 1 rings (SSSR count). The summed E-state index contributed by atoms with van der Waals surface area (Å²) in [4.78, 5) is 0. The zero-order chi connectivity index (χ0) is 16.0. The van der Waals surface area contributed by atoms with Crippen LogP contribution in [0.3, 0.4) is 0 Å². The summed E-state index contributed by atoms with van der Waals surface area (Å²) in [5, 5.41) is 0. The number of hydrogen-bond acceptors (Lipinski definition) is 4. The van der Waals surface area contributed by atoms with E-state index in [1.807, 2.05) is 13.0 Å². The number of nitrogens with two attached hydrogens (primary N) is 1. The van der Waals surface area contributed by atoms with E-state index >= 15 is 0 Å². The van der Waals surface area contributed by atoms with Gasteiger partial charge < -0.3 is 10.5 Å². The van der Waals surface area contributed by atoms with Crippen molar-refractivity contribution in [2.45, 2.75) is 51.5 Å². The Balaban J connectivity index is 2.78. The predicted molar refractivity (Wildman–Crippen MR) is 84.7 cm³/mol. The van der Waals surface area contributed by atoms with Crippen molar-refractivity contribution in [3.63, 3.8) is 0 Å². The molecule has 0 saturated heterocycles. The Morgan fingerprint density at radius 1 is 1.33 bits per heavy atom. The highest BCUT2D eigenvalue weighted by atomic mass is 32.2. The lowest BCUT2D eigenvalue weighted by Gasteiger charge is -2.23.